The van der Waals surface area contributed by atoms with E-state index >= 15 is 0 Å². The normalized spacial score (nSPS) is 25.7. The number of nitrogens with zero attached hydrogens (tertiary/aromatic N) is 2. The van der Waals surface area contributed by atoms with Gasteiger partial charge in [0.2, 0.25) is 0 Å². The van der Waals surface area contributed by atoms with Crippen molar-refractivity contribution in [2.75, 3.05) is 20.3 Å². The van der Waals surface area contributed by atoms with Gasteiger partial charge in [-0.15, -0.1) is 0 Å². The number of aromatic nitrogens is 2. The Morgan fingerprint density at radius 2 is 2.25 bits per heavy atom. The van der Waals surface area contributed by atoms with Crippen LogP contribution in [0, 0.1) is 13.8 Å². The predicted molar refractivity (Wildman–Crippen MR) is 78.9 cm³/mol. The third-order valence-corrected chi connectivity index (χ3v) is 3.96. The van der Waals surface area contributed by atoms with Gasteiger partial charge in [-0.1, -0.05) is 0 Å². The highest BCUT2D eigenvalue weighted by Crippen LogP contribution is 2.26. The second-order valence-electron chi connectivity index (χ2n) is 5.49. The largest absolute Gasteiger partial charge is 0.377 e. The van der Waals surface area contributed by atoms with Crippen molar-refractivity contribution >= 4 is 0 Å². The Labute approximate surface area is 121 Å². The molecule has 1 fully saturated rings. The standard InChI is InChI=1S/C15H27N3O2/c1-5-20-14-10-13(15(14)19-4)16-7-6-8-18-12(3)9-11(2)17-18/h9,13-16H,5-8,10H2,1-4H3. The molecule has 1 aromatic heterocycles. The van der Waals surface area contributed by atoms with Gasteiger partial charge in [-0.05, 0) is 46.2 Å². The van der Waals surface area contributed by atoms with Crippen LogP contribution in [0.2, 0.25) is 0 Å². The Balaban J connectivity index is 1.65. The summed E-state index contributed by atoms with van der Waals surface area (Å²) < 4.78 is 13.2. The molecule has 2 rings (SSSR count). The van der Waals surface area contributed by atoms with Crippen LogP contribution in [0.1, 0.15) is 31.2 Å². The number of hydrogen-bond acceptors (Lipinski definition) is 4. The minimum absolute atomic E-state index is 0.198. The minimum Gasteiger partial charge on any atom is -0.377 e. The van der Waals surface area contributed by atoms with Crippen LogP contribution in [-0.4, -0.2) is 48.3 Å². The number of methoxy groups -OCH3 is 1. The molecule has 20 heavy (non-hydrogen) atoms. The van der Waals surface area contributed by atoms with Crippen molar-refractivity contribution in [2.45, 2.75) is 58.4 Å². The van der Waals surface area contributed by atoms with Crippen molar-refractivity contribution < 1.29 is 9.47 Å². The summed E-state index contributed by atoms with van der Waals surface area (Å²) in [6.07, 6.45) is 2.59. The molecule has 0 aromatic carbocycles. The molecular weight excluding hydrogens is 254 g/mol. The zero-order valence-corrected chi connectivity index (χ0v) is 13.1. The summed E-state index contributed by atoms with van der Waals surface area (Å²) in [5.41, 5.74) is 2.32. The lowest BCUT2D eigenvalue weighted by atomic mass is 9.85. The van der Waals surface area contributed by atoms with E-state index in [4.69, 9.17) is 9.47 Å². The number of rotatable bonds is 8. The molecule has 1 heterocycles. The molecule has 5 heteroatoms. The van der Waals surface area contributed by atoms with Crippen LogP contribution in [0.15, 0.2) is 6.07 Å². The maximum absolute atomic E-state index is 5.63. The highest BCUT2D eigenvalue weighted by molar-refractivity contribution is 5.06. The van der Waals surface area contributed by atoms with E-state index in [1.807, 2.05) is 13.8 Å². The Morgan fingerprint density at radius 3 is 2.85 bits per heavy atom. The van der Waals surface area contributed by atoms with Crippen LogP contribution >= 0.6 is 0 Å². The molecule has 1 N–H and O–H groups in total. The van der Waals surface area contributed by atoms with Crippen molar-refractivity contribution in [2.24, 2.45) is 0 Å². The molecule has 0 saturated heterocycles. The minimum atomic E-state index is 0.198. The fourth-order valence-corrected chi connectivity index (χ4v) is 2.89. The highest BCUT2D eigenvalue weighted by atomic mass is 16.5. The van der Waals surface area contributed by atoms with Gasteiger partial charge in [0.05, 0.1) is 17.9 Å². The van der Waals surface area contributed by atoms with Crippen LogP contribution in [0.5, 0.6) is 0 Å². The van der Waals surface area contributed by atoms with E-state index < -0.39 is 0 Å². The quantitative estimate of drug-likeness (QED) is 0.736. The molecule has 3 unspecified atom stereocenters. The molecule has 0 aliphatic heterocycles. The van der Waals surface area contributed by atoms with E-state index in [0.29, 0.717) is 6.04 Å². The van der Waals surface area contributed by atoms with Gasteiger partial charge in [-0.2, -0.15) is 5.10 Å². The predicted octanol–water partition coefficient (Wildman–Crippen LogP) is 1.67. The summed E-state index contributed by atoms with van der Waals surface area (Å²) in [6.45, 7) is 8.88. The van der Waals surface area contributed by atoms with Gasteiger partial charge in [0.25, 0.3) is 0 Å². The first-order chi connectivity index (χ1) is 9.65. The van der Waals surface area contributed by atoms with Crippen molar-refractivity contribution in [1.82, 2.24) is 15.1 Å². The molecule has 0 radical (unpaired) electrons. The molecule has 0 spiro atoms. The topological polar surface area (TPSA) is 48.3 Å². The third-order valence-electron chi connectivity index (χ3n) is 3.96. The monoisotopic (exact) mass is 281 g/mol. The number of aryl methyl sites for hydroxylation is 3. The van der Waals surface area contributed by atoms with E-state index in [1.165, 1.54) is 5.69 Å². The number of nitrogens with one attached hydrogen (secondary N) is 1. The van der Waals surface area contributed by atoms with Crippen LogP contribution in [-0.2, 0) is 16.0 Å². The van der Waals surface area contributed by atoms with Gasteiger partial charge >= 0.3 is 0 Å². The first kappa shape index (κ1) is 15.5. The molecule has 3 atom stereocenters. The lowest BCUT2D eigenvalue weighted by Crippen LogP contribution is -2.59. The molecule has 1 aliphatic rings. The second-order valence-corrected chi connectivity index (χ2v) is 5.49. The van der Waals surface area contributed by atoms with Crippen molar-refractivity contribution in [3.05, 3.63) is 17.5 Å². The number of ether oxygens (including phenoxy) is 2. The van der Waals surface area contributed by atoms with E-state index in [0.717, 1.165) is 38.2 Å². The van der Waals surface area contributed by atoms with Gasteiger partial charge < -0.3 is 14.8 Å². The van der Waals surface area contributed by atoms with Crippen molar-refractivity contribution in [3.8, 4) is 0 Å². The molecule has 0 amide bonds. The summed E-state index contributed by atoms with van der Waals surface area (Å²) in [6, 6.07) is 2.55. The summed E-state index contributed by atoms with van der Waals surface area (Å²) in [7, 11) is 1.76. The highest BCUT2D eigenvalue weighted by Gasteiger charge is 2.41. The lowest BCUT2D eigenvalue weighted by molar-refractivity contribution is -0.131. The van der Waals surface area contributed by atoms with Gasteiger partial charge in [-0.25, -0.2) is 0 Å². The van der Waals surface area contributed by atoms with E-state index in [-0.39, 0.29) is 12.2 Å². The van der Waals surface area contributed by atoms with Crippen LogP contribution in [0.4, 0.5) is 0 Å². The maximum Gasteiger partial charge on any atom is 0.0986 e. The maximum atomic E-state index is 5.63. The van der Waals surface area contributed by atoms with E-state index in [9.17, 15) is 0 Å². The zero-order chi connectivity index (χ0) is 14.5. The van der Waals surface area contributed by atoms with Crippen LogP contribution in [0.3, 0.4) is 0 Å². The zero-order valence-electron chi connectivity index (χ0n) is 13.1. The fraction of sp³-hybridized carbons (Fsp3) is 0.800. The Hall–Kier alpha value is -0.910. The smallest absolute Gasteiger partial charge is 0.0986 e. The van der Waals surface area contributed by atoms with Gasteiger partial charge in [0.1, 0.15) is 0 Å². The summed E-state index contributed by atoms with van der Waals surface area (Å²) in [4.78, 5) is 0. The van der Waals surface area contributed by atoms with Crippen LogP contribution < -0.4 is 5.32 Å². The third kappa shape index (κ3) is 3.59. The Bertz CT molecular complexity index is 419. The van der Waals surface area contributed by atoms with E-state index in [1.54, 1.807) is 7.11 Å². The SMILES string of the molecule is CCOC1CC(NCCCn2nc(C)cc2C)C1OC. The molecule has 1 aliphatic carbocycles. The summed E-state index contributed by atoms with van der Waals surface area (Å²) in [5.74, 6) is 0. The average molecular weight is 281 g/mol. The molecule has 5 nitrogen and oxygen atoms in total. The van der Waals surface area contributed by atoms with Crippen molar-refractivity contribution in [1.29, 1.82) is 0 Å². The molecule has 1 aromatic rings. The van der Waals surface area contributed by atoms with Gasteiger partial charge in [-0.3, -0.25) is 4.68 Å². The van der Waals surface area contributed by atoms with Crippen LogP contribution in [0.25, 0.3) is 0 Å². The van der Waals surface area contributed by atoms with E-state index in [2.05, 4.69) is 28.1 Å². The summed E-state index contributed by atoms with van der Waals surface area (Å²) in [5, 5.41) is 8.03. The molecule has 114 valence electrons. The summed E-state index contributed by atoms with van der Waals surface area (Å²) >= 11 is 0. The number of hydrogen-bond donors (Lipinski definition) is 1. The van der Waals surface area contributed by atoms with Gasteiger partial charge in [0, 0.05) is 32.0 Å². The molecular formula is C15H27N3O2. The average Bonchev–Trinajstić information content (AvgIpc) is 2.70. The molecule has 0 bridgehead atoms. The second kappa shape index (κ2) is 7.20. The van der Waals surface area contributed by atoms with Gasteiger partial charge in [0.15, 0.2) is 0 Å². The lowest BCUT2D eigenvalue weighted by Gasteiger charge is -2.43. The fourth-order valence-electron chi connectivity index (χ4n) is 2.89. The Kier molecular flexibility index (Phi) is 5.57. The molecule has 1 saturated carbocycles. The Morgan fingerprint density at radius 1 is 1.45 bits per heavy atom. The van der Waals surface area contributed by atoms with Crippen molar-refractivity contribution in [3.63, 3.8) is 0 Å². The first-order valence-electron chi connectivity index (χ1n) is 7.54. The first-order valence-corrected chi connectivity index (χ1v) is 7.54.